The van der Waals surface area contributed by atoms with Gasteiger partial charge < -0.3 is 9.08 Å². The molecular formula is C15H13F6NO4S. The summed E-state index contributed by atoms with van der Waals surface area (Å²) in [5, 5.41) is 0. The number of nitrogens with zero attached hydrogens (tertiary/aromatic N) is 1. The van der Waals surface area contributed by atoms with Crippen LogP contribution in [0.1, 0.15) is 29.9 Å². The molecule has 1 aromatic rings. The van der Waals surface area contributed by atoms with Gasteiger partial charge in [-0.05, 0) is 42.5 Å². The number of benzene rings is 1. The van der Waals surface area contributed by atoms with Crippen LogP contribution < -0.4 is 4.18 Å². The summed E-state index contributed by atoms with van der Waals surface area (Å²) >= 11 is 0. The summed E-state index contributed by atoms with van der Waals surface area (Å²) in [6.45, 7) is -0.0701. The normalized spacial score (nSPS) is 23.0. The number of amides is 1. The lowest BCUT2D eigenvalue weighted by atomic mass is 9.88. The zero-order valence-corrected chi connectivity index (χ0v) is 14.3. The van der Waals surface area contributed by atoms with Gasteiger partial charge in [0, 0.05) is 18.5 Å². The van der Waals surface area contributed by atoms with Gasteiger partial charge in [0.1, 0.15) is 5.75 Å². The monoisotopic (exact) mass is 417 g/mol. The van der Waals surface area contributed by atoms with Gasteiger partial charge in [-0.2, -0.15) is 34.8 Å². The van der Waals surface area contributed by atoms with Gasteiger partial charge in [0.05, 0.1) is 0 Å². The predicted molar refractivity (Wildman–Crippen MR) is 79.3 cm³/mol. The maximum atomic E-state index is 12.8. The molecule has 2 unspecified atom stereocenters. The molecule has 150 valence electrons. The van der Waals surface area contributed by atoms with Gasteiger partial charge in [0.2, 0.25) is 0 Å². The van der Waals surface area contributed by atoms with Crippen molar-refractivity contribution < 1.29 is 43.7 Å². The molecule has 12 heteroatoms. The third-order valence-corrected chi connectivity index (χ3v) is 5.70. The highest BCUT2D eigenvalue weighted by Gasteiger charge is 2.50. The summed E-state index contributed by atoms with van der Waals surface area (Å²) in [6.07, 6.45) is -4.21. The van der Waals surface area contributed by atoms with E-state index in [4.69, 9.17) is 0 Å². The number of carbonyl (C=O) groups is 1. The third-order valence-electron chi connectivity index (χ3n) is 4.72. The fraction of sp³-hybridized carbons (Fsp3) is 0.533. The molecule has 5 nitrogen and oxygen atoms in total. The Hall–Kier alpha value is -1.98. The fourth-order valence-electron chi connectivity index (χ4n) is 3.64. The van der Waals surface area contributed by atoms with Gasteiger partial charge >= 0.3 is 27.7 Å². The van der Waals surface area contributed by atoms with E-state index >= 15 is 0 Å². The first kappa shape index (κ1) is 19.8. The molecule has 0 radical (unpaired) electrons. The van der Waals surface area contributed by atoms with E-state index in [1.54, 1.807) is 0 Å². The average molecular weight is 417 g/mol. The number of hydrogen-bond acceptors (Lipinski definition) is 4. The predicted octanol–water partition coefficient (Wildman–Crippen LogP) is 3.11. The summed E-state index contributed by atoms with van der Waals surface area (Å²) in [6, 6.07) is 2.63. The van der Waals surface area contributed by atoms with Crippen LogP contribution in [0.4, 0.5) is 26.3 Å². The highest BCUT2D eigenvalue weighted by molar-refractivity contribution is 7.88. The van der Waals surface area contributed by atoms with E-state index in [-0.39, 0.29) is 19.4 Å². The van der Waals surface area contributed by atoms with Crippen LogP contribution in [-0.2, 0) is 21.3 Å². The van der Waals surface area contributed by atoms with E-state index in [1.165, 1.54) is 6.07 Å². The Morgan fingerprint density at radius 1 is 1.15 bits per heavy atom. The van der Waals surface area contributed by atoms with Crippen LogP contribution in [0.5, 0.6) is 5.75 Å². The summed E-state index contributed by atoms with van der Waals surface area (Å²) in [4.78, 5) is 12.4. The first-order chi connectivity index (χ1) is 12.3. The molecule has 2 aliphatic rings. The summed E-state index contributed by atoms with van der Waals surface area (Å²) in [5.74, 6) is -3.07. The van der Waals surface area contributed by atoms with Crippen molar-refractivity contribution in [3.8, 4) is 5.75 Å². The zero-order valence-electron chi connectivity index (χ0n) is 13.5. The number of fused-ring (bicyclic) bond motifs is 3. The molecule has 1 heterocycles. The van der Waals surface area contributed by atoms with Crippen molar-refractivity contribution in [2.24, 2.45) is 0 Å². The number of piperidine rings is 1. The molecule has 0 aromatic heterocycles. The molecule has 0 saturated carbocycles. The van der Waals surface area contributed by atoms with Crippen LogP contribution >= 0.6 is 0 Å². The van der Waals surface area contributed by atoms with Crippen molar-refractivity contribution in [1.29, 1.82) is 0 Å². The largest absolute Gasteiger partial charge is 0.534 e. The lowest BCUT2D eigenvalue weighted by molar-refractivity contribution is -0.189. The molecule has 1 amide bonds. The first-order valence-corrected chi connectivity index (χ1v) is 9.23. The van der Waals surface area contributed by atoms with Crippen LogP contribution in [0.25, 0.3) is 0 Å². The number of carbonyl (C=O) groups excluding carboxylic acids is 1. The van der Waals surface area contributed by atoms with E-state index in [9.17, 15) is 39.6 Å². The molecule has 1 aromatic carbocycles. The summed E-state index contributed by atoms with van der Waals surface area (Å²) in [5.41, 5.74) is -4.66. The number of alkyl halides is 6. The van der Waals surface area contributed by atoms with E-state index in [1.807, 2.05) is 0 Å². The second kappa shape index (κ2) is 6.28. The fourth-order valence-corrected chi connectivity index (χ4v) is 4.09. The third kappa shape index (κ3) is 3.58. The van der Waals surface area contributed by atoms with Gasteiger partial charge in [0.15, 0.2) is 0 Å². The number of likely N-dealkylation sites (tertiary alicyclic amines) is 1. The van der Waals surface area contributed by atoms with Crippen molar-refractivity contribution in [1.82, 2.24) is 4.90 Å². The van der Waals surface area contributed by atoms with Crippen molar-refractivity contribution >= 4 is 16.0 Å². The Balaban J connectivity index is 1.88. The van der Waals surface area contributed by atoms with Crippen LogP contribution in [0.3, 0.4) is 0 Å². The molecule has 0 bridgehead atoms. The highest BCUT2D eigenvalue weighted by atomic mass is 32.2. The van der Waals surface area contributed by atoms with E-state index in [0.717, 1.165) is 17.0 Å². The minimum Gasteiger partial charge on any atom is -0.376 e. The first-order valence-electron chi connectivity index (χ1n) is 7.82. The van der Waals surface area contributed by atoms with Crippen LogP contribution in [0.15, 0.2) is 18.2 Å². The molecule has 1 aliphatic carbocycles. The van der Waals surface area contributed by atoms with Gasteiger partial charge in [-0.25, -0.2) is 0 Å². The number of halogens is 6. The lowest BCUT2D eigenvalue weighted by Gasteiger charge is -2.38. The Labute approximate surface area is 150 Å². The van der Waals surface area contributed by atoms with Crippen molar-refractivity contribution in [3.05, 3.63) is 29.3 Å². The quantitative estimate of drug-likeness (QED) is 0.422. The Morgan fingerprint density at radius 3 is 2.41 bits per heavy atom. The minimum atomic E-state index is -5.85. The highest BCUT2D eigenvalue weighted by Crippen LogP contribution is 2.44. The van der Waals surface area contributed by atoms with E-state index in [0.29, 0.717) is 17.5 Å². The van der Waals surface area contributed by atoms with Gasteiger partial charge in [0.25, 0.3) is 0 Å². The molecule has 27 heavy (non-hydrogen) atoms. The second-order valence-electron chi connectivity index (χ2n) is 6.36. The summed E-state index contributed by atoms with van der Waals surface area (Å²) in [7, 11) is -5.85. The van der Waals surface area contributed by atoms with E-state index < -0.39 is 45.4 Å². The maximum absolute atomic E-state index is 12.8. The molecule has 1 aliphatic heterocycles. The van der Waals surface area contributed by atoms with Gasteiger partial charge in [-0.3, -0.25) is 4.79 Å². The Kier molecular flexibility index (Phi) is 4.60. The topological polar surface area (TPSA) is 63.7 Å². The Bertz CT molecular complexity index is 864. The van der Waals surface area contributed by atoms with Crippen molar-refractivity contribution in [2.75, 3.05) is 6.54 Å². The van der Waals surface area contributed by atoms with Crippen LogP contribution in [0.2, 0.25) is 0 Å². The lowest BCUT2D eigenvalue weighted by Crippen LogP contribution is -2.51. The average Bonchev–Trinajstić information content (AvgIpc) is 2.90. The standard InChI is InChI=1S/C15H13F6NO4S/c16-14(17,18)13(23)22-5-1-2-10-11-7-9(4-3-8(11)6-12(10)22)26-27(24,25)15(19,20)21/h3-4,7,10,12H,1-2,5-6H2. The molecule has 1 saturated heterocycles. The van der Waals surface area contributed by atoms with E-state index in [2.05, 4.69) is 4.18 Å². The SMILES string of the molecule is O=C(N1CCCC2c3cc(OS(=O)(=O)C(F)(F)F)ccc3CC21)C(F)(F)F. The smallest absolute Gasteiger partial charge is 0.376 e. The minimum absolute atomic E-state index is 0.0701. The molecule has 1 fully saturated rings. The zero-order chi connectivity index (χ0) is 20.2. The van der Waals surface area contributed by atoms with Crippen molar-refractivity contribution in [2.45, 2.75) is 42.9 Å². The second-order valence-corrected chi connectivity index (χ2v) is 7.90. The van der Waals surface area contributed by atoms with Crippen molar-refractivity contribution in [3.63, 3.8) is 0 Å². The van der Waals surface area contributed by atoms with Gasteiger partial charge in [-0.1, -0.05) is 6.07 Å². The molecule has 0 spiro atoms. The molecular weight excluding hydrogens is 404 g/mol. The number of hydrogen-bond donors (Lipinski definition) is 0. The van der Waals surface area contributed by atoms with Gasteiger partial charge in [-0.15, -0.1) is 0 Å². The number of rotatable bonds is 2. The van der Waals surface area contributed by atoms with Crippen LogP contribution in [-0.4, -0.2) is 43.5 Å². The molecule has 0 N–H and O–H groups in total. The van der Waals surface area contributed by atoms with Crippen LogP contribution in [0, 0.1) is 0 Å². The molecule has 2 atom stereocenters. The molecule has 3 rings (SSSR count). The maximum Gasteiger partial charge on any atom is 0.534 e. The summed E-state index contributed by atoms with van der Waals surface area (Å²) < 4.78 is 102. The Morgan fingerprint density at radius 2 is 1.81 bits per heavy atom.